The average Bonchev–Trinajstić information content (AvgIpc) is 2.77. The molecule has 0 aromatic carbocycles. The minimum Gasteiger partial charge on any atom is -0.375 e. The smallest absolute Gasteiger partial charge is 0.0730 e. The Morgan fingerprint density at radius 3 is 3.00 bits per heavy atom. The highest BCUT2D eigenvalue weighted by Gasteiger charge is 2.36. The molecule has 16 heavy (non-hydrogen) atoms. The monoisotopic (exact) mass is 226 g/mol. The standard InChI is InChI=1S/C13H26N2O/c1-3-11(14-4-2)10-15-8-9-16-13-7-5-6-12(13)15/h11-14H,3-10H2,1-2H3. The summed E-state index contributed by atoms with van der Waals surface area (Å²) in [6.45, 7) is 8.82. The molecule has 0 aromatic rings. The lowest BCUT2D eigenvalue weighted by Crippen LogP contribution is -2.52. The van der Waals surface area contributed by atoms with Crippen molar-refractivity contribution in [2.75, 3.05) is 26.2 Å². The van der Waals surface area contributed by atoms with Crippen LogP contribution in [0.4, 0.5) is 0 Å². The molecule has 1 heterocycles. The van der Waals surface area contributed by atoms with Crippen LogP contribution in [0.5, 0.6) is 0 Å². The summed E-state index contributed by atoms with van der Waals surface area (Å²) in [5, 5.41) is 3.58. The molecule has 3 nitrogen and oxygen atoms in total. The lowest BCUT2D eigenvalue weighted by atomic mass is 10.1. The Kier molecular flexibility index (Phi) is 4.62. The summed E-state index contributed by atoms with van der Waals surface area (Å²) in [4.78, 5) is 2.66. The van der Waals surface area contributed by atoms with Gasteiger partial charge in [0.25, 0.3) is 0 Å². The zero-order valence-electron chi connectivity index (χ0n) is 10.7. The van der Waals surface area contributed by atoms with Gasteiger partial charge < -0.3 is 10.1 Å². The van der Waals surface area contributed by atoms with Crippen molar-refractivity contribution in [2.45, 2.75) is 57.7 Å². The van der Waals surface area contributed by atoms with E-state index in [0.717, 1.165) is 19.7 Å². The first-order chi connectivity index (χ1) is 7.85. The molecule has 2 aliphatic rings. The van der Waals surface area contributed by atoms with E-state index in [0.29, 0.717) is 18.2 Å². The van der Waals surface area contributed by atoms with Gasteiger partial charge in [-0.25, -0.2) is 0 Å². The predicted molar refractivity (Wildman–Crippen MR) is 66.7 cm³/mol. The van der Waals surface area contributed by atoms with Crippen LogP contribution in [0.2, 0.25) is 0 Å². The van der Waals surface area contributed by atoms with Crippen molar-refractivity contribution in [3.8, 4) is 0 Å². The van der Waals surface area contributed by atoms with Gasteiger partial charge in [-0.15, -0.1) is 0 Å². The fourth-order valence-corrected chi connectivity index (χ4v) is 3.14. The lowest BCUT2D eigenvalue weighted by molar-refractivity contribution is -0.0581. The van der Waals surface area contributed by atoms with E-state index in [1.54, 1.807) is 0 Å². The van der Waals surface area contributed by atoms with Crippen molar-refractivity contribution < 1.29 is 4.74 Å². The van der Waals surface area contributed by atoms with E-state index in [9.17, 15) is 0 Å². The van der Waals surface area contributed by atoms with Crippen LogP contribution in [-0.2, 0) is 4.74 Å². The summed E-state index contributed by atoms with van der Waals surface area (Å²) in [5.74, 6) is 0. The Balaban J connectivity index is 1.87. The van der Waals surface area contributed by atoms with Gasteiger partial charge in [-0.2, -0.15) is 0 Å². The number of hydrogen-bond acceptors (Lipinski definition) is 3. The van der Waals surface area contributed by atoms with Crippen LogP contribution in [0, 0.1) is 0 Å². The molecule has 2 fully saturated rings. The molecule has 0 aromatic heterocycles. The van der Waals surface area contributed by atoms with Crippen LogP contribution in [-0.4, -0.2) is 49.3 Å². The topological polar surface area (TPSA) is 24.5 Å². The fourth-order valence-electron chi connectivity index (χ4n) is 3.14. The molecule has 1 saturated heterocycles. The number of fused-ring (bicyclic) bond motifs is 1. The number of likely N-dealkylation sites (N-methyl/N-ethyl adjacent to an activating group) is 1. The molecule has 3 unspecified atom stereocenters. The highest BCUT2D eigenvalue weighted by Crippen LogP contribution is 2.29. The minimum absolute atomic E-state index is 0.535. The van der Waals surface area contributed by atoms with Crippen molar-refractivity contribution in [3.63, 3.8) is 0 Å². The highest BCUT2D eigenvalue weighted by atomic mass is 16.5. The molecule has 2 rings (SSSR count). The molecular formula is C13H26N2O. The lowest BCUT2D eigenvalue weighted by Gasteiger charge is -2.39. The van der Waals surface area contributed by atoms with Crippen molar-refractivity contribution in [1.82, 2.24) is 10.2 Å². The van der Waals surface area contributed by atoms with Crippen LogP contribution in [0.15, 0.2) is 0 Å². The zero-order chi connectivity index (χ0) is 11.4. The Bertz CT molecular complexity index is 210. The maximum atomic E-state index is 5.85. The Hall–Kier alpha value is -0.120. The van der Waals surface area contributed by atoms with Crippen molar-refractivity contribution >= 4 is 0 Å². The number of nitrogens with zero attached hydrogens (tertiary/aromatic N) is 1. The molecule has 0 radical (unpaired) electrons. The Morgan fingerprint density at radius 1 is 1.38 bits per heavy atom. The van der Waals surface area contributed by atoms with Gasteiger partial charge in [0.1, 0.15) is 0 Å². The maximum Gasteiger partial charge on any atom is 0.0730 e. The fraction of sp³-hybridized carbons (Fsp3) is 1.00. The normalized spacial score (nSPS) is 32.6. The molecule has 0 spiro atoms. The number of ether oxygens (including phenoxy) is 1. The summed E-state index contributed by atoms with van der Waals surface area (Å²) < 4.78 is 5.85. The number of hydrogen-bond donors (Lipinski definition) is 1. The molecule has 1 aliphatic carbocycles. The van der Waals surface area contributed by atoms with Crippen molar-refractivity contribution in [3.05, 3.63) is 0 Å². The predicted octanol–water partition coefficient (Wildman–Crippen LogP) is 1.63. The van der Waals surface area contributed by atoms with Gasteiger partial charge in [0.2, 0.25) is 0 Å². The third-order valence-electron chi connectivity index (χ3n) is 4.04. The van der Waals surface area contributed by atoms with Gasteiger partial charge in [0.15, 0.2) is 0 Å². The molecule has 1 saturated carbocycles. The van der Waals surface area contributed by atoms with Gasteiger partial charge in [-0.3, -0.25) is 4.90 Å². The molecule has 0 bridgehead atoms. The molecule has 3 heteroatoms. The second-order valence-corrected chi connectivity index (χ2v) is 5.07. The van der Waals surface area contributed by atoms with E-state index in [1.165, 1.54) is 32.2 Å². The van der Waals surface area contributed by atoms with E-state index in [1.807, 2.05) is 0 Å². The molecule has 1 aliphatic heterocycles. The van der Waals surface area contributed by atoms with E-state index in [2.05, 4.69) is 24.1 Å². The second kappa shape index (κ2) is 5.99. The van der Waals surface area contributed by atoms with E-state index < -0.39 is 0 Å². The maximum absolute atomic E-state index is 5.85. The van der Waals surface area contributed by atoms with Crippen LogP contribution in [0.3, 0.4) is 0 Å². The third-order valence-corrected chi connectivity index (χ3v) is 4.04. The van der Waals surface area contributed by atoms with Crippen LogP contribution >= 0.6 is 0 Å². The van der Waals surface area contributed by atoms with Gasteiger partial charge >= 0.3 is 0 Å². The SMILES string of the molecule is CCNC(CC)CN1CCOC2CCCC21. The van der Waals surface area contributed by atoms with Crippen molar-refractivity contribution in [2.24, 2.45) is 0 Å². The highest BCUT2D eigenvalue weighted by molar-refractivity contribution is 4.90. The minimum atomic E-state index is 0.535. The van der Waals surface area contributed by atoms with Gasteiger partial charge in [-0.1, -0.05) is 13.8 Å². The number of morpholine rings is 1. The summed E-state index contributed by atoms with van der Waals surface area (Å²) in [6, 6.07) is 1.37. The summed E-state index contributed by atoms with van der Waals surface area (Å²) >= 11 is 0. The van der Waals surface area contributed by atoms with Crippen LogP contribution < -0.4 is 5.32 Å². The molecule has 1 N–H and O–H groups in total. The van der Waals surface area contributed by atoms with Gasteiger partial charge in [0, 0.05) is 25.2 Å². The molecular weight excluding hydrogens is 200 g/mol. The average molecular weight is 226 g/mol. The van der Waals surface area contributed by atoms with Crippen LogP contribution in [0.1, 0.15) is 39.5 Å². The number of nitrogens with one attached hydrogen (secondary N) is 1. The van der Waals surface area contributed by atoms with E-state index >= 15 is 0 Å². The Labute approximate surface area is 99.5 Å². The van der Waals surface area contributed by atoms with Crippen molar-refractivity contribution in [1.29, 1.82) is 0 Å². The number of rotatable bonds is 5. The quantitative estimate of drug-likeness (QED) is 0.771. The van der Waals surface area contributed by atoms with E-state index in [-0.39, 0.29) is 0 Å². The Morgan fingerprint density at radius 2 is 2.25 bits per heavy atom. The first-order valence-corrected chi connectivity index (χ1v) is 6.94. The molecule has 94 valence electrons. The molecule has 3 atom stereocenters. The first-order valence-electron chi connectivity index (χ1n) is 6.94. The summed E-state index contributed by atoms with van der Waals surface area (Å²) in [6.07, 6.45) is 5.73. The van der Waals surface area contributed by atoms with Gasteiger partial charge in [0.05, 0.1) is 12.7 Å². The molecule has 0 amide bonds. The second-order valence-electron chi connectivity index (χ2n) is 5.07. The van der Waals surface area contributed by atoms with E-state index in [4.69, 9.17) is 4.74 Å². The zero-order valence-corrected chi connectivity index (χ0v) is 10.7. The van der Waals surface area contributed by atoms with Gasteiger partial charge in [-0.05, 0) is 32.2 Å². The summed E-state index contributed by atoms with van der Waals surface area (Å²) in [7, 11) is 0. The van der Waals surface area contributed by atoms with Crippen LogP contribution in [0.25, 0.3) is 0 Å². The first kappa shape index (κ1) is 12.3. The summed E-state index contributed by atoms with van der Waals surface area (Å²) in [5.41, 5.74) is 0. The largest absolute Gasteiger partial charge is 0.375 e. The third kappa shape index (κ3) is 2.76.